The predicted molar refractivity (Wildman–Crippen MR) is 124 cm³/mol. The van der Waals surface area contributed by atoms with E-state index >= 15 is 0 Å². The van der Waals surface area contributed by atoms with Crippen LogP contribution in [-0.2, 0) is 14.3 Å². The van der Waals surface area contributed by atoms with Crippen LogP contribution in [0.5, 0.6) is 5.75 Å². The highest BCUT2D eigenvalue weighted by molar-refractivity contribution is 6.46. The van der Waals surface area contributed by atoms with Crippen LogP contribution in [0, 0.1) is 6.92 Å². The molecule has 2 aliphatic heterocycles. The van der Waals surface area contributed by atoms with E-state index in [-0.39, 0.29) is 11.3 Å². The lowest BCUT2D eigenvalue weighted by Crippen LogP contribution is -3.14. The van der Waals surface area contributed by atoms with E-state index in [1.807, 2.05) is 31.2 Å². The second kappa shape index (κ2) is 10.2. The number of ketones is 1. The largest absolute Gasteiger partial charge is 0.507 e. The maximum absolute atomic E-state index is 13.1. The molecule has 2 fully saturated rings. The summed E-state index contributed by atoms with van der Waals surface area (Å²) in [4.78, 5) is 29.2. The van der Waals surface area contributed by atoms with Crippen molar-refractivity contribution in [3.63, 3.8) is 0 Å². The summed E-state index contributed by atoms with van der Waals surface area (Å²) in [6.45, 7) is 6.77. The van der Waals surface area contributed by atoms with Gasteiger partial charge in [0.25, 0.3) is 11.7 Å². The van der Waals surface area contributed by atoms with E-state index in [9.17, 15) is 14.7 Å². The molecular weight excluding hydrogens is 420 g/mol. The number of carbonyl (C=O) groups excluding carboxylic acids is 2. The number of nitrogens with one attached hydrogen (secondary N) is 1. The summed E-state index contributed by atoms with van der Waals surface area (Å²) in [5.74, 6) is -0.726. The standard InChI is InChI=1S/C26H30N2O5/c1-18-4-6-19(7-5-18)23-22(24(29)20-8-10-21(32-2)11-9-20)25(30)26(31)28(23)13-3-12-27-14-16-33-17-15-27/h4-11,23,29H,3,12-17H2,1-2H3/p+1. The Morgan fingerprint density at radius 2 is 1.76 bits per heavy atom. The van der Waals surface area contributed by atoms with Crippen molar-refractivity contribution in [2.24, 2.45) is 0 Å². The molecular formula is C26H31N2O5+. The van der Waals surface area contributed by atoms with Gasteiger partial charge in [-0.15, -0.1) is 0 Å². The topological polar surface area (TPSA) is 80.5 Å². The lowest BCUT2D eigenvalue weighted by atomic mass is 9.94. The molecule has 174 valence electrons. The normalized spacial score (nSPS) is 20.9. The first-order valence-corrected chi connectivity index (χ1v) is 11.4. The van der Waals surface area contributed by atoms with Gasteiger partial charge in [0.1, 0.15) is 24.6 Å². The zero-order valence-corrected chi connectivity index (χ0v) is 19.2. The Bertz CT molecular complexity index is 1020. The minimum absolute atomic E-state index is 0.132. The van der Waals surface area contributed by atoms with E-state index in [2.05, 4.69) is 0 Å². The Kier molecular flexibility index (Phi) is 7.11. The van der Waals surface area contributed by atoms with Crippen molar-refractivity contribution >= 4 is 17.4 Å². The van der Waals surface area contributed by atoms with Crippen LogP contribution >= 0.6 is 0 Å². The van der Waals surface area contributed by atoms with Crippen LogP contribution < -0.4 is 9.64 Å². The van der Waals surface area contributed by atoms with E-state index in [1.54, 1.807) is 36.3 Å². The maximum atomic E-state index is 13.1. The summed E-state index contributed by atoms with van der Waals surface area (Å²) in [6.07, 6.45) is 0.771. The second-order valence-electron chi connectivity index (χ2n) is 8.60. The van der Waals surface area contributed by atoms with Gasteiger partial charge in [0.2, 0.25) is 0 Å². The van der Waals surface area contributed by atoms with Crippen LogP contribution in [0.1, 0.15) is 29.2 Å². The smallest absolute Gasteiger partial charge is 0.295 e. The molecule has 2 aromatic rings. The molecule has 4 rings (SSSR count). The van der Waals surface area contributed by atoms with Crippen molar-refractivity contribution in [3.8, 4) is 5.75 Å². The van der Waals surface area contributed by atoms with Crippen LogP contribution in [0.4, 0.5) is 0 Å². The predicted octanol–water partition coefficient (Wildman–Crippen LogP) is 1.73. The van der Waals surface area contributed by atoms with Crippen molar-refractivity contribution in [2.45, 2.75) is 19.4 Å². The molecule has 1 unspecified atom stereocenters. The zero-order chi connectivity index (χ0) is 23.4. The number of likely N-dealkylation sites (tertiary alicyclic amines) is 1. The Morgan fingerprint density at radius 3 is 2.39 bits per heavy atom. The van der Waals surface area contributed by atoms with Gasteiger partial charge < -0.3 is 24.4 Å². The van der Waals surface area contributed by atoms with Gasteiger partial charge in [0.15, 0.2) is 0 Å². The Labute approximate surface area is 194 Å². The second-order valence-corrected chi connectivity index (χ2v) is 8.60. The number of hydrogen-bond acceptors (Lipinski definition) is 5. The first kappa shape index (κ1) is 23.0. The third-order valence-electron chi connectivity index (χ3n) is 6.43. The van der Waals surface area contributed by atoms with Gasteiger partial charge in [-0.25, -0.2) is 0 Å². The van der Waals surface area contributed by atoms with Gasteiger partial charge in [0.05, 0.1) is 38.5 Å². The Morgan fingerprint density at radius 1 is 1.09 bits per heavy atom. The highest BCUT2D eigenvalue weighted by atomic mass is 16.5. The minimum Gasteiger partial charge on any atom is -0.507 e. The number of amides is 1. The molecule has 2 N–H and O–H groups in total. The number of hydrogen-bond donors (Lipinski definition) is 2. The molecule has 0 radical (unpaired) electrons. The molecule has 2 aliphatic rings. The summed E-state index contributed by atoms with van der Waals surface area (Å²) in [7, 11) is 1.57. The van der Waals surface area contributed by atoms with Gasteiger partial charge in [-0.2, -0.15) is 0 Å². The van der Waals surface area contributed by atoms with Gasteiger partial charge in [-0.05, 0) is 36.8 Å². The molecule has 2 saturated heterocycles. The van der Waals surface area contributed by atoms with Gasteiger partial charge >= 0.3 is 0 Å². The minimum atomic E-state index is -0.646. The third kappa shape index (κ3) is 4.94. The fraction of sp³-hybridized carbons (Fsp3) is 0.385. The zero-order valence-electron chi connectivity index (χ0n) is 19.2. The number of carbonyl (C=O) groups is 2. The molecule has 2 aromatic carbocycles. The van der Waals surface area contributed by atoms with Crippen molar-refractivity contribution in [2.75, 3.05) is 46.5 Å². The van der Waals surface area contributed by atoms with Crippen molar-refractivity contribution in [1.82, 2.24) is 4.90 Å². The number of Topliss-reactive ketones (excluding diaryl/α,β-unsaturated/α-hetero) is 1. The molecule has 7 nitrogen and oxygen atoms in total. The van der Waals surface area contributed by atoms with Crippen LogP contribution in [0.25, 0.3) is 5.76 Å². The quantitative estimate of drug-likeness (QED) is 0.381. The van der Waals surface area contributed by atoms with Crippen molar-refractivity contribution < 1.29 is 29.1 Å². The van der Waals surface area contributed by atoms with Crippen LogP contribution in [-0.4, -0.2) is 68.2 Å². The fourth-order valence-corrected chi connectivity index (χ4v) is 4.52. The summed E-state index contributed by atoms with van der Waals surface area (Å²) >= 11 is 0. The average molecular weight is 452 g/mol. The summed E-state index contributed by atoms with van der Waals surface area (Å²) in [6, 6.07) is 14.0. The summed E-state index contributed by atoms with van der Waals surface area (Å²) < 4.78 is 10.6. The summed E-state index contributed by atoms with van der Waals surface area (Å²) in [5.41, 5.74) is 2.51. The highest BCUT2D eigenvalue weighted by Crippen LogP contribution is 2.39. The van der Waals surface area contributed by atoms with Crippen molar-refractivity contribution in [1.29, 1.82) is 0 Å². The maximum Gasteiger partial charge on any atom is 0.295 e. The highest BCUT2D eigenvalue weighted by Gasteiger charge is 2.45. The van der Waals surface area contributed by atoms with E-state index in [0.29, 0.717) is 17.9 Å². The molecule has 0 bridgehead atoms. The lowest BCUT2D eigenvalue weighted by molar-refractivity contribution is -0.908. The number of aliphatic hydroxyl groups is 1. The number of morpholine rings is 1. The molecule has 7 heteroatoms. The monoisotopic (exact) mass is 451 g/mol. The fourth-order valence-electron chi connectivity index (χ4n) is 4.52. The van der Waals surface area contributed by atoms with Crippen LogP contribution in [0.3, 0.4) is 0 Å². The summed E-state index contributed by atoms with van der Waals surface area (Å²) in [5, 5.41) is 11.1. The third-order valence-corrected chi connectivity index (χ3v) is 6.43. The Balaban J connectivity index is 1.65. The van der Waals surface area contributed by atoms with Crippen molar-refractivity contribution in [3.05, 3.63) is 70.8 Å². The van der Waals surface area contributed by atoms with E-state index in [1.165, 1.54) is 4.90 Å². The number of methoxy groups -OCH3 is 1. The Hall–Kier alpha value is -3.16. The molecule has 33 heavy (non-hydrogen) atoms. The van der Waals surface area contributed by atoms with Gasteiger partial charge in [-0.1, -0.05) is 29.8 Å². The molecule has 0 saturated carbocycles. The molecule has 1 atom stereocenters. The number of rotatable bonds is 7. The van der Waals surface area contributed by atoms with E-state index in [4.69, 9.17) is 9.47 Å². The number of ether oxygens (including phenoxy) is 2. The first-order chi connectivity index (χ1) is 16.0. The SMILES string of the molecule is COc1ccc(C(O)=C2C(=O)C(=O)N(CCC[NH+]3CCOCC3)C2c2ccc(C)cc2)cc1. The first-order valence-electron chi connectivity index (χ1n) is 11.4. The van der Waals surface area contributed by atoms with E-state index in [0.717, 1.165) is 50.4 Å². The number of aliphatic hydroxyl groups excluding tert-OH is 1. The molecule has 0 spiro atoms. The molecule has 2 heterocycles. The number of benzene rings is 2. The lowest BCUT2D eigenvalue weighted by Gasteiger charge is -2.27. The van der Waals surface area contributed by atoms with Gasteiger partial charge in [-0.3, -0.25) is 9.59 Å². The average Bonchev–Trinajstić information content (AvgIpc) is 3.10. The molecule has 1 amide bonds. The van der Waals surface area contributed by atoms with Crippen LogP contribution in [0.2, 0.25) is 0 Å². The van der Waals surface area contributed by atoms with E-state index < -0.39 is 17.7 Å². The number of quaternary nitrogens is 1. The van der Waals surface area contributed by atoms with Gasteiger partial charge in [0, 0.05) is 18.5 Å². The van der Waals surface area contributed by atoms with Crippen LogP contribution in [0.15, 0.2) is 54.1 Å². The molecule has 0 aromatic heterocycles. The number of aryl methyl sites for hydroxylation is 1. The molecule has 0 aliphatic carbocycles. The number of nitrogens with zero attached hydrogens (tertiary/aromatic N) is 1.